The number of pyridine rings is 1. The van der Waals surface area contributed by atoms with Crippen molar-refractivity contribution >= 4 is 27.7 Å². The lowest BCUT2D eigenvalue weighted by atomic mass is 9.87. The number of halogens is 1. The standard InChI is InChI=1S/C39H53ClN4O11S/c1-25(2)44(38(50)43-32(21-45)35(48)36(49)33(47)22-46)37(40)26(14-18-42-56(51,52)28-8-4-3-5-9-28)23-54-39(16-19-53-24-39)31-20-41-17-15-29(31)30-10-6-7-11-34(30)55-27-12-13-27/h3-11,15,17,20,25-27,32-33,35-37,42,45-49H,12-14,16,18-19,21-24H2,1-2H3,(H,43,50)/t26?,32-,33+,35+,36+,37?,39?/m0/s1. The summed E-state index contributed by atoms with van der Waals surface area (Å²) in [6.45, 7) is 2.16. The molecule has 0 bridgehead atoms. The minimum Gasteiger partial charge on any atom is -0.490 e. The molecule has 0 spiro atoms. The second-order valence-corrected chi connectivity index (χ2v) is 16.7. The maximum atomic E-state index is 13.9. The van der Waals surface area contributed by atoms with E-state index < -0.39 is 76.7 Å². The summed E-state index contributed by atoms with van der Waals surface area (Å²) in [5.74, 6) is 0.0230. The smallest absolute Gasteiger partial charge is 0.319 e. The number of aliphatic hydroxyl groups is 5. The summed E-state index contributed by atoms with van der Waals surface area (Å²) in [5, 5.41) is 52.5. The fourth-order valence-corrected chi connectivity index (χ4v) is 8.21. The Labute approximate surface area is 332 Å². The van der Waals surface area contributed by atoms with E-state index in [9.17, 15) is 38.7 Å². The predicted octanol–water partition coefficient (Wildman–Crippen LogP) is 2.33. The zero-order valence-electron chi connectivity index (χ0n) is 31.5. The first kappa shape index (κ1) is 43.7. The predicted molar refractivity (Wildman–Crippen MR) is 207 cm³/mol. The van der Waals surface area contributed by atoms with Crippen LogP contribution in [0.1, 0.15) is 45.1 Å². The number of aromatic nitrogens is 1. The van der Waals surface area contributed by atoms with Crippen molar-refractivity contribution in [3.63, 3.8) is 0 Å². The van der Waals surface area contributed by atoms with Crippen molar-refractivity contribution in [2.24, 2.45) is 5.92 Å². The first-order chi connectivity index (χ1) is 26.8. The molecule has 2 aliphatic rings. The monoisotopic (exact) mass is 820 g/mol. The number of nitrogens with one attached hydrogen (secondary N) is 2. The van der Waals surface area contributed by atoms with Crippen LogP contribution in [0.15, 0.2) is 78.0 Å². The van der Waals surface area contributed by atoms with E-state index in [4.69, 9.17) is 25.8 Å². The average Bonchev–Trinajstić information content (AvgIpc) is 3.89. The van der Waals surface area contributed by atoms with E-state index in [1.807, 2.05) is 30.3 Å². The van der Waals surface area contributed by atoms with Crippen molar-refractivity contribution in [1.29, 1.82) is 0 Å². The van der Waals surface area contributed by atoms with Gasteiger partial charge in [-0.2, -0.15) is 0 Å². The van der Waals surface area contributed by atoms with Crippen LogP contribution in [0.25, 0.3) is 11.1 Å². The lowest BCUT2D eigenvalue weighted by Crippen LogP contribution is -2.59. The van der Waals surface area contributed by atoms with E-state index in [-0.39, 0.29) is 37.2 Å². The van der Waals surface area contributed by atoms with Crippen LogP contribution in [0.2, 0.25) is 0 Å². The van der Waals surface area contributed by atoms with Gasteiger partial charge in [-0.3, -0.25) is 4.98 Å². The Morgan fingerprint density at radius 3 is 2.38 bits per heavy atom. The second-order valence-electron chi connectivity index (χ2n) is 14.4. The molecule has 3 aromatic rings. The van der Waals surface area contributed by atoms with E-state index in [1.165, 1.54) is 17.0 Å². The summed E-state index contributed by atoms with van der Waals surface area (Å²) in [6.07, 6.45) is 0.693. The minimum atomic E-state index is -3.90. The first-order valence-corrected chi connectivity index (χ1v) is 20.7. The number of sulfonamides is 1. The van der Waals surface area contributed by atoms with Crippen LogP contribution >= 0.6 is 11.6 Å². The number of amides is 2. The zero-order valence-corrected chi connectivity index (χ0v) is 33.1. The highest BCUT2D eigenvalue weighted by Crippen LogP contribution is 2.44. The molecule has 1 aromatic heterocycles. The Kier molecular flexibility index (Phi) is 15.5. The van der Waals surface area contributed by atoms with Crippen LogP contribution in [0.3, 0.4) is 0 Å². The van der Waals surface area contributed by atoms with Crippen molar-refractivity contribution in [3.05, 3.63) is 78.6 Å². The van der Waals surface area contributed by atoms with Crippen LogP contribution < -0.4 is 14.8 Å². The van der Waals surface area contributed by atoms with Gasteiger partial charge in [0.25, 0.3) is 0 Å². The van der Waals surface area contributed by atoms with E-state index in [2.05, 4.69) is 15.0 Å². The number of urea groups is 1. The summed E-state index contributed by atoms with van der Waals surface area (Å²) in [6, 6.07) is 14.7. The molecule has 1 saturated carbocycles. The molecule has 15 nitrogen and oxygen atoms in total. The van der Waals surface area contributed by atoms with Crippen molar-refractivity contribution in [2.75, 3.05) is 39.6 Å². The summed E-state index contributed by atoms with van der Waals surface area (Å²) in [7, 11) is -3.90. The molecule has 2 heterocycles. The average molecular weight is 821 g/mol. The van der Waals surface area contributed by atoms with Gasteiger partial charge in [0.2, 0.25) is 10.0 Å². The third-order valence-electron chi connectivity index (χ3n) is 10.0. The molecule has 17 heteroatoms. The number of ether oxygens (including phenoxy) is 3. The molecule has 7 atom stereocenters. The molecular weight excluding hydrogens is 768 g/mol. The Hall–Kier alpha value is -3.42. The molecule has 0 radical (unpaired) electrons. The number of aliphatic hydroxyl groups excluding tert-OH is 5. The van der Waals surface area contributed by atoms with Crippen LogP contribution in [-0.2, 0) is 25.1 Å². The quantitative estimate of drug-likeness (QED) is 0.0609. The molecule has 3 unspecified atom stereocenters. The number of hydrogen-bond donors (Lipinski definition) is 7. The van der Waals surface area contributed by atoms with Crippen molar-refractivity contribution in [3.8, 4) is 16.9 Å². The Morgan fingerprint density at radius 2 is 1.73 bits per heavy atom. The highest BCUT2D eigenvalue weighted by molar-refractivity contribution is 7.89. The minimum absolute atomic E-state index is 0.0664. The third kappa shape index (κ3) is 10.7. The van der Waals surface area contributed by atoms with E-state index >= 15 is 0 Å². The number of carbonyl (C=O) groups excluding carboxylic acids is 1. The number of benzene rings is 2. The Balaban J connectivity index is 1.43. The van der Waals surface area contributed by atoms with Gasteiger partial charge in [0, 0.05) is 55.1 Å². The molecule has 1 aliphatic carbocycles. The number of para-hydroxylation sites is 1. The molecule has 2 aromatic carbocycles. The van der Waals surface area contributed by atoms with E-state index in [1.54, 1.807) is 44.4 Å². The topological polar surface area (TPSA) is 220 Å². The fourth-order valence-electron chi connectivity index (χ4n) is 6.63. The van der Waals surface area contributed by atoms with Gasteiger partial charge in [-0.15, -0.1) is 0 Å². The van der Waals surface area contributed by atoms with Gasteiger partial charge >= 0.3 is 6.03 Å². The summed E-state index contributed by atoms with van der Waals surface area (Å²) < 4.78 is 48.0. The summed E-state index contributed by atoms with van der Waals surface area (Å²) in [4.78, 5) is 19.7. The fraction of sp³-hybridized carbons (Fsp3) is 0.538. The highest BCUT2D eigenvalue weighted by Gasteiger charge is 2.43. The third-order valence-corrected chi connectivity index (χ3v) is 12.1. The molecule has 56 heavy (non-hydrogen) atoms. The molecule has 1 aliphatic heterocycles. The van der Waals surface area contributed by atoms with E-state index in [0.717, 1.165) is 35.3 Å². The zero-order chi connectivity index (χ0) is 40.5. The largest absolute Gasteiger partial charge is 0.490 e. The lowest BCUT2D eigenvalue weighted by Gasteiger charge is -2.39. The summed E-state index contributed by atoms with van der Waals surface area (Å²) >= 11 is 7.19. The molecule has 308 valence electrons. The van der Waals surface area contributed by atoms with Crippen molar-refractivity contribution < 1.29 is 53.0 Å². The van der Waals surface area contributed by atoms with Gasteiger partial charge in [-0.25, -0.2) is 17.9 Å². The lowest BCUT2D eigenvalue weighted by molar-refractivity contribution is -0.0909. The SMILES string of the molecule is CC(C)N(C(=O)N[C@@H](CO)[C@@H](O)[C@H](O)[C@H](O)CO)C(Cl)C(CCNS(=O)(=O)c1ccccc1)COC1(c2cnccc2-c2ccccc2OC2CC2)CCOC1. The summed E-state index contributed by atoms with van der Waals surface area (Å²) in [5.41, 5.74) is 0.340. The number of hydrogen-bond acceptors (Lipinski definition) is 12. The van der Waals surface area contributed by atoms with Gasteiger partial charge < -0.3 is 50.0 Å². The van der Waals surface area contributed by atoms with Gasteiger partial charge in [0.15, 0.2) is 0 Å². The molecule has 7 N–H and O–H groups in total. The Morgan fingerprint density at radius 1 is 1.02 bits per heavy atom. The van der Waals surface area contributed by atoms with Gasteiger partial charge in [-0.05, 0) is 62.9 Å². The van der Waals surface area contributed by atoms with Crippen molar-refractivity contribution in [2.45, 2.75) is 92.0 Å². The number of carbonyl (C=O) groups is 1. The second kappa shape index (κ2) is 19.8. The number of nitrogens with zero attached hydrogens (tertiary/aromatic N) is 2. The van der Waals surface area contributed by atoms with Crippen LogP contribution in [0, 0.1) is 5.92 Å². The molecular formula is C39H53ClN4O11S. The normalized spacial score (nSPS) is 20.5. The molecule has 5 rings (SSSR count). The van der Waals surface area contributed by atoms with Crippen LogP contribution in [0.4, 0.5) is 4.79 Å². The highest BCUT2D eigenvalue weighted by atomic mass is 35.5. The maximum absolute atomic E-state index is 13.9. The van der Waals surface area contributed by atoms with Gasteiger partial charge in [0.05, 0.1) is 43.5 Å². The molecule has 2 amide bonds. The van der Waals surface area contributed by atoms with Gasteiger partial charge in [-0.1, -0.05) is 48.0 Å². The van der Waals surface area contributed by atoms with E-state index in [0.29, 0.717) is 13.0 Å². The van der Waals surface area contributed by atoms with Gasteiger partial charge in [0.1, 0.15) is 35.2 Å². The first-order valence-electron chi connectivity index (χ1n) is 18.8. The molecule has 1 saturated heterocycles. The van der Waals surface area contributed by atoms with Crippen LogP contribution in [0.5, 0.6) is 5.75 Å². The Bertz CT molecular complexity index is 1820. The maximum Gasteiger partial charge on any atom is 0.319 e. The number of rotatable bonds is 21. The molecule has 2 fully saturated rings. The number of alkyl halides is 1. The van der Waals surface area contributed by atoms with Crippen molar-refractivity contribution in [1.82, 2.24) is 19.9 Å². The van der Waals surface area contributed by atoms with Crippen LogP contribution in [-0.4, -0.2) is 131 Å².